The van der Waals surface area contributed by atoms with E-state index in [0.717, 1.165) is 6.54 Å². The van der Waals surface area contributed by atoms with Gasteiger partial charge in [-0.1, -0.05) is 48.3 Å². The SMILES string of the molecule is CC(C)c1ccc(C2CCCCN2)cc1Br. The van der Waals surface area contributed by atoms with Crippen LogP contribution in [0.5, 0.6) is 0 Å². The first-order valence-corrected chi connectivity index (χ1v) is 7.00. The number of rotatable bonds is 2. The average Bonchev–Trinajstić information content (AvgIpc) is 2.29. The predicted octanol–water partition coefficient (Wildman–Crippen LogP) is 4.39. The van der Waals surface area contributed by atoms with Gasteiger partial charge >= 0.3 is 0 Å². The highest BCUT2D eigenvalue weighted by atomic mass is 79.9. The molecule has 0 amide bonds. The van der Waals surface area contributed by atoms with Gasteiger partial charge in [0.05, 0.1) is 0 Å². The van der Waals surface area contributed by atoms with E-state index in [4.69, 9.17) is 0 Å². The predicted molar refractivity (Wildman–Crippen MR) is 72.8 cm³/mol. The molecule has 1 fully saturated rings. The largest absolute Gasteiger partial charge is 0.310 e. The van der Waals surface area contributed by atoms with Gasteiger partial charge in [-0.3, -0.25) is 0 Å². The minimum atomic E-state index is 0.561. The molecule has 0 aliphatic carbocycles. The first kappa shape index (κ1) is 12.1. The Bertz CT molecular complexity index is 354. The summed E-state index contributed by atoms with van der Waals surface area (Å²) >= 11 is 3.69. The van der Waals surface area contributed by atoms with Crippen LogP contribution in [0, 0.1) is 0 Å². The van der Waals surface area contributed by atoms with Crippen LogP contribution in [-0.2, 0) is 0 Å². The zero-order chi connectivity index (χ0) is 11.5. The maximum absolute atomic E-state index is 3.69. The maximum Gasteiger partial charge on any atom is 0.0320 e. The van der Waals surface area contributed by atoms with Crippen LogP contribution in [0.25, 0.3) is 0 Å². The molecule has 1 aliphatic heterocycles. The van der Waals surface area contributed by atoms with Gasteiger partial charge in [0.25, 0.3) is 0 Å². The summed E-state index contributed by atoms with van der Waals surface area (Å²) in [5.74, 6) is 0.586. The molecule has 1 heterocycles. The minimum absolute atomic E-state index is 0.561. The summed E-state index contributed by atoms with van der Waals surface area (Å²) in [6, 6.07) is 7.40. The van der Waals surface area contributed by atoms with E-state index in [2.05, 4.69) is 53.3 Å². The van der Waals surface area contributed by atoms with Crippen LogP contribution in [0.1, 0.15) is 56.2 Å². The van der Waals surface area contributed by atoms with Crippen LogP contribution in [-0.4, -0.2) is 6.54 Å². The van der Waals surface area contributed by atoms with E-state index in [9.17, 15) is 0 Å². The fourth-order valence-corrected chi connectivity index (χ4v) is 3.22. The number of nitrogens with one attached hydrogen (secondary N) is 1. The molecular weight excluding hydrogens is 262 g/mol. The Labute approximate surface area is 107 Å². The Balaban J connectivity index is 2.19. The quantitative estimate of drug-likeness (QED) is 0.848. The molecule has 16 heavy (non-hydrogen) atoms. The van der Waals surface area contributed by atoms with Crippen molar-refractivity contribution in [3.63, 3.8) is 0 Å². The highest BCUT2D eigenvalue weighted by Gasteiger charge is 2.15. The zero-order valence-corrected chi connectivity index (χ0v) is 11.7. The number of halogens is 1. The molecule has 1 unspecified atom stereocenters. The second-order valence-electron chi connectivity index (χ2n) is 4.94. The maximum atomic E-state index is 3.69. The summed E-state index contributed by atoms with van der Waals surface area (Å²) in [6.45, 7) is 5.63. The summed E-state index contributed by atoms with van der Waals surface area (Å²) in [4.78, 5) is 0. The van der Waals surface area contributed by atoms with Crippen molar-refractivity contribution in [3.8, 4) is 0 Å². The van der Waals surface area contributed by atoms with Crippen LogP contribution in [0.15, 0.2) is 22.7 Å². The van der Waals surface area contributed by atoms with Crippen molar-refractivity contribution in [1.29, 1.82) is 0 Å². The van der Waals surface area contributed by atoms with Crippen molar-refractivity contribution in [1.82, 2.24) is 5.32 Å². The number of piperidine rings is 1. The van der Waals surface area contributed by atoms with E-state index < -0.39 is 0 Å². The van der Waals surface area contributed by atoms with Crippen molar-refractivity contribution in [2.45, 2.75) is 45.1 Å². The molecule has 1 aromatic rings. The fraction of sp³-hybridized carbons (Fsp3) is 0.571. The Morgan fingerprint density at radius 3 is 2.69 bits per heavy atom. The molecule has 1 nitrogen and oxygen atoms in total. The van der Waals surface area contributed by atoms with Gasteiger partial charge in [-0.25, -0.2) is 0 Å². The van der Waals surface area contributed by atoms with E-state index >= 15 is 0 Å². The Morgan fingerprint density at radius 2 is 2.12 bits per heavy atom. The van der Waals surface area contributed by atoms with Crippen molar-refractivity contribution in [2.75, 3.05) is 6.54 Å². The molecule has 0 spiro atoms. The summed E-state index contributed by atoms with van der Waals surface area (Å²) in [7, 11) is 0. The third-order valence-corrected chi connectivity index (χ3v) is 4.05. The first-order chi connectivity index (χ1) is 7.68. The average molecular weight is 282 g/mol. The van der Waals surface area contributed by atoms with Gasteiger partial charge < -0.3 is 5.32 Å². The molecule has 0 aromatic heterocycles. The van der Waals surface area contributed by atoms with E-state index in [1.165, 1.54) is 34.9 Å². The standard InChI is InChI=1S/C14H20BrN/c1-10(2)12-7-6-11(9-13(12)15)14-5-3-4-8-16-14/h6-7,9-10,14,16H,3-5,8H2,1-2H3. The number of benzene rings is 1. The van der Waals surface area contributed by atoms with Crippen molar-refractivity contribution >= 4 is 15.9 Å². The van der Waals surface area contributed by atoms with Crippen LogP contribution >= 0.6 is 15.9 Å². The molecule has 1 N–H and O–H groups in total. The van der Waals surface area contributed by atoms with Gasteiger partial charge in [-0.2, -0.15) is 0 Å². The van der Waals surface area contributed by atoms with E-state index in [1.807, 2.05) is 0 Å². The topological polar surface area (TPSA) is 12.0 Å². The molecule has 0 saturated carbocycles. The number of hydrogen-bond acceptors (Lipinski definition) is 1. The summed E-state index contributed by atoms with van der Waals surface area (Å²) in [6.07, 6.45) is 3.94. The molecular formula is C14H20BrN. The zero-order valence-electron chi connectivity index (χ0n) is 10.1. The third kappa shape index (κ3) is 2.67. The highest BCUT2D eigenvalue weighted by molar-refractivity contribution is 9.10. The van der Waals surface area contributed by atoms with E-state index in [1.54, 1.807) is 0 Å². The van der Waals surface area contributed by atoms with Gasteiger partial charge in [0.1, 0.15) is 0 Å². The van der Waals surface area contributed by atoms with Crippen molar-refractivity contribution in [3.05, 3.63) is 33.8 Å². The lowest BCUT2D eigenvalue weighted by Crippen LogP contribution is -2.26. The van der Waals surface area contributed by atoms with E-state index in [-0.39, 0.29) is 0 Å². The normalized spacial score (nSPS) is 21.4. The highest BCUT2D eigenvalue weighted by Crippen LogP contribution is 2.30. The third-order valence-electron chi connectivity index (χ3n) is 3.36. The smallest absolute Gasteiger partial charge is 0.0320 e. The first-order valence-electron chi connectivity index (χ1n) is 6.21. The Hall–Kier alpha value is -0.340. The summed E-state index contributed by atoms with van der Waals surface area (Å²) < 4.78 is 1.26. The van der Waals surface area contributed by atoms with Crippen LogP contribution < -0.4 is 5.32 Å². The lowest BCUT2D eigenvalue weighted by atomic mass is 9.95. The molecule has 88 valence electrons. The molecule has 0 bridgehead atoms. The summed E-state index contributed by atoms with van der Waals surface area (Å²) in [5.41, 5.74) is 2.83. The lowest BCUT2D eigenvalue weighted by Gasteiger charge is -2.24. The van der Waals surface area contributed by atoms with Crippen LogP contribution in [0.2, 0.25) is 0 Å². The number of hydrogen-bond donors (Lipinski definition) is 1. The second-order valence-corrected chi connectivity index (χ2v) is 5.79. The van der Waals surface area contributed by atoms with Crippen molar-refractivity contribution < 1.29 is 0 Å². The van der Waals surface area contributed by atoms with Crippen LogP contribution in [0.3, 0.4) is 0 Å². The van der Waals surface area contributed by atoms with Gasteiger partial charge in [-0.05, 0) is 42.5 Å². The Morgan fingerprint density at radius 1 is 1.31 bits per heavy atom. The second kappa shape index (κ2) is 5.33. The van der Waals surface area contributed by atoms with Gasteiger partial charge in [0.2, 0.25) is 0 Å². The molecule has 1 saturated heterocycles. The van der Waals surface area contributed by atoms with E-state index in [0.29, 0.717) is 12.0 Å². The van der Waals surface area contributed by atoms with Gasteiger partial charge in [0.15, 0.2) is 0 Å². The summed E-state index contributed by atoms with van der Waals surface area (Å²) in [5, 5.41) is 3.59. The molecule has 1 aliphatic rings. The molecule has 1 atom stereocenters. The molecule has 2 rings (SSSR count). The molecule has 1 aromatic carbocycles. The Kier molecular flexibility index (Phi) is 4.04. The monoisotopic (exact) mass is 281 g/mol. The molecule has 2 heteroatoms. The van der Waals surface area contributed by atoms with Crippen LogP contribution in [0.4, 0.5) is 0 Å². The molecule has 0 radical (unpaired) electrons. The van der Waals surface area contributed by atoms with Gasteiger partial charge in [0, 0.05) is 10.5 Å². The minimum Gasteiger partial charge on any atom is -0.310 e. The van der Waals surface area contributed by atoms with Gasteiger partial charge in [-0.15, -0.1) is 0 Å². The lowest BCUT2D eigenvalue weighted by molar-refractivity contribution is 0.412. The van der Waals surface area contributed by atoms with Crippen molar-refractivity contribution in [2.24, 2.45) is 0 Å². The fourth-order valence-electron chi connectivity index (χ4n) is 2.36.